The zero-order valence-electron chi connectivity index (χ0n) is 34.2. The molecule has 3 aliphatic rings. The first-order valence-electron chi connectivity index (χ1n) is 20.4. The van der Waals surface area contributed by atoms with Crippen LogP contribution >= 0.6 is 11.3 Å². The minimum atomic E-state index is -1.40. The predicted octanol–water partition coefficient (Wildman–Crippen LogP) is 6.07. The number of aromatic carboxylic acids is 1. The lowest BCUT2D eigenvalue weighted by molar-refractivity contribution is -0.156. The van der Waals surface area contributed by atoms with Crippen molar-refractivity contribution < 1.29 is 61.9 Å². The molecule has 7 rings (SSSR count). The van der Waals surface area contributed by atoms with Crippen LogP contribution in [-0.2, 0) is 33.3 Å². The molecular weight excluding hydrogens is 830 g/mol. The molecule has 0 spiro atoms. The Bertz CT molecular complexity index is 2410. The number of rotatable bonds is 17. The molecule has 328 valence electrons. The number of fused-ring (bicyclic) bond motifs is 2. The summed E-state index contributed by atoms with van der Waals surface area (Å²) in [6, 6.07) is 11.0. The maximum absolute atomic E-state index is 16.0. The Morgan fingerprint density at radius 1 is 0.935 bits per heavy atom. The van der Waals surface area contributed by atoms with Gasteiger partial charge < -0.3 is 43.2 Å². The molecule has 1 N–H and O–H groups in total. The molecule has 4 heterocycles. The van der Waals surface area contributed by atoms with Crippen molar-refractivity contribution in [2.75, 3.05) is 51.7 Å². The summed E-state index contributed by atoms with van der Waals surface area (Å²) in [5.41, 5.74) is 0.387. The number of thiophene rings is 1. The largest absolute Gasteiger partial charge is 0.492 e. The number of likely N-dealkylation sites (tertiary alicyclic amines) is 1. The molecule has 1 saturated carbocycles. The van der Waals surface area contributed by atoms with E-state index in [1.165, 1.54) is 29.5 Å². The van der Waals surface area contributed by atoms with Gasteiger partial charge in [-0.2, -0.15) is 0 Å². The molecule has 18 heteroatoms. The Kier molecular flexibility index (Phi) is 13.5. The number of nitrogens with zero attached hydrogens (tertiary/aromatic N) is 3. The number of ether oxygens (including phenoxy) is 5. The van der Waals surface area contributed by atoms with Crippen molar-refractivity contribution in [1.82, 2.24) is 9.47 Å². The lowest BCUT2D eigenvalue weighted by atomic mass is 9.92. The maximum atomic E-state index is 16.0. The average Bonchev–Trinajstić information content (AvgIpc) is 3.77. The number of esters is 3. The second-order valence-corrected chi connectivity index (χ2v) is 16.4. The second-order valence-electron chi connectivity index (χ2n) is 15.5. The first-order chi connectivity index (χ1) is 29.9. The van der Waals surface area contributed by atoms with Crippen LogP contribution in [0.1, 0.15) is 95.0 Å². The number of pyridine rings is 1. The van der Waals surface area contributed by atoms with Gasteiger partial charge in [-0.1, -0.05) is 30.3 Å². The molecule has 2 aliphatic heterocycles. The van der Waals surface area contributed by atoms with Crippen LogP contribution in [0.2, 0.25) is 0 Å². The Morgan fingerprint density at radius 3 is 2.34 bits per heavy atom. The van der Waals surface area contributed by atoms with Gasteiger partial charge in [-0.05, 0) is 61.6 Å². The van der Waals surface area contributed by atoms with Gasteiger partial charge in [0, 0.05) is 43.9 Å². The standard InChI is InChI=1S/C44H46FN3O13S/c1-25(26-8-10-27(11-9-26)39(51)34-7-4-19-62-34)43(55)59-18-5-17-58-35(49)14-15-36(50)60-24-61-44(56)47-16-3-6-28-21-46(23-33(28)47)38-32(45)20-30-37(41(38)57-2)48(29-12-13-29)22-31(40(30)52)42(53)54/h4,7-11,19-20,22,25,28-29,33H,3,5-6,12-18,21,23-24H2,1-2H3,(H,53,54). The molecule has 0 bridgehead atoms. The monoisotopic (exact) mass is 875 g/mol. The number of methoxy groups -OCH3 is 1. The fourth-order valence-electron chi connectivity index (χ4n) is 8.04. The summed E-state index contributed by atoms with van der Waals surface area (Å²) in [5.74, 6) is -4.69. The molecule has 2 aromatic heterocycles. The van der Waals surface area contributed by atoms with Gasteiger partial charge in [0.2, 0.25) is 18.0 Å². The van der Waals surface area contributed by atoms with E-state index in [1.807, 2.05) is 5.38 Å². The zero-order chi connectivity index (χ0) is 44.1. The number of ketones is 1. The predicted molar refractivity (Wildman–Crippen MR) is 221 cm³/mol. The SMILES string of the molecule is COc1c(N2CC3CCCN(C(=O)OCOC(=O)CCC(=O)OCCCOC(=O)C(C)c4ccc(C(=O)c5cccs5)cc4)C3C2)c(F)cc2c(=O)c(C(=O)O)cn(C3CC3)c12. The number of hydrogen-bond donors (Lipinski definition) is 1. The smallest absolute Gasteiger partial charge is 0.412 e. The minimum absolute atomic E-state index is 0.00451. The topological polar surface area (TPSA) is 197 Å². The number of carboxylic acid groups (broad SMARTS) is 1. The summed E-state index contributed by atoms with van der Waals surface area (Å²) in [4.78, 5) is 91.8. The molecular formula is C44H46FN3O13S. The van der Waals surface area contributed by atoms with Crippen molar-refractivity contribution in [1.29, 1.82) is 0 Å². The van der Waals surface area contributed by atoms with E-state index >= 15 is 4.39 Å². The average molecular weight is 876 g/mol. The number of hydrogen-bond acceptors (Lipinski definition) is 14. The Hall–Kier alpha value is -6.30. The molecule has 0 radical (unpaired) electrons. The van der Waals surface area contributed by atoms with Crippen LogP contribution in [0, 0.1) is 11.7 Å². The first kappa shape index (κ1) is 43.8. The summed E-state index contributed by atoms with van der Waals surface area (Å²) in [6.07, 6.45) is 3.13. The van der Waals surface area contributed by atoms with Crippen molar-refractivity contribution in [3.8, 4) is 5.75 Å². The van der Waals surface area contributed by atoms with Gasteiger partial charge in [-0.15, -0.1) is 11.3 Å². The van der Waals surface area contributed by atoms with Crippen LogP contribution < -0.4 is 15.1 Å². The highest BCUT2D eigenvalue weighted by Crippen LogP contribution is 2.45. The third-order valence-corrected chi connectivity index (χ3v) is 12.3. The van der Waals surface area contributed by atoms with E-state index in [9.17, 15) is 38.7 Å². The van der Waals surface area contributed by atoms with Crippen LogP contribution in [0.4, 0.5) is 14.9 Å². The summed E-state index contributed by atoms with van der Waals surface area (Å²) in [5, 5.41) is 11.4. The third-order valence-electron chi connectivity index (χ3n) is 11.4. The van der Waals surface area contributed by atoms with Gasteiger partial charge in [0.15, 0.2) is 11.6 Å². The second kappa shape index (κ2) is 19.2. The number of amides is 1. The van der Waals surface area contributed by atoms with Gasteiger partial charge in [-0.25, -0.2) is 14.0 Å². The van der Waals surface area contributed by atoms with E-state index in [-0.39, 0.29) is 79.6 Å². The molecule has 2 aromatic carbocycles. The fraction of sp³-hybridized carbons (Fsp3) is 0.432. The van der Waals surface area contributed by atoms with E-state index in [1.54, 1.807) is 52.8 Å². The van der Waals surface area contributed by atoms with Crippen molar-refractivity contribution in [3.63, 3.8) is 0 Å². The van der Waals surface area contributed by atoms with Crippen LogP contribution in [-0.4, -0.2) is 103 Å². The molecule has 3 fully saturated rings. The molecule has 1 aliphatic carbocycles. The molecule has 2 saturated heterocycles. The fourth-order valence-corrected chi connectivity index (χ4v) is 8.73. The molecule has 4 aromatic rings. The third kappa shape index (κ3) is 9.59. The van der Waals surface area contributed by atoms with Crippen molar-refractivity contribution in [2.45, 2.75) is 69.9 Å². The van der Waals surface area contributed by atoms with E-state index in [0.717, 1.165) is 25.3 Å². The van der Waals surface area contributed by atoms with Crippen LogP contribution in [0.25, 0.3) is 10.9 Å². The number of benzene rings is 2. The lowest BCUT2D eigenvalue weighted by Gasteiger charge is -2.35. The highest BCUT2D eigenvalue weighted by Gasteiger charge is 2.44. The van der Waals surface area contributed by atoms with Gasteiger partial charge in [-0.3, -0.25) is 24.0 Å². The highest BCUT2D eigenvalue weighted by molar-refractivity contribution is 7.12. The molecule has 16 nitrogen and oxygen atoms in total. The van der Waals surface area contributed by atoms with Gasteiger partial charge in [0.1, 0.15) is 11.3 Å². The molecule has 1 amide bonds. The number of anilines is 1. The Morgan fingerprint density at radius 2 is 1.66 bits per heavy atom. The number of carbonyl (C=O) groups excluding carboxylic acids is 5. The number of aromatic nitrogens is 1. The molecule has 62 heavy (non-hydrogen) atoms. The van der Waals surface area contributed by atoms with Gasteiger partial charge >= 0.3 is 30.0 Å². The molecule has 3 unspecified atom stereocenters. The summed E-state index contributed by atoms with van der Waals surface area (Å²) >= 11 is 1.36. The molecule has 3 atom stereocenters. The van der Waals surface area contributed by atoms with E-state index in [4.69, 9.17) is 23.7 Å². The Labute approximate surface area is 359 Å². The van der Waals surface area contributed by atoms with Crippen molar-refractivity contribution in [2.24, 2.45) is 5.92 Å². The highest BCUT2D eigenvalue weighted by atomic mass is 32.1. The summed E-state index contributed by atoms with van der Waals surface area (Å²) in [7, 11) is 1.37. The Balaban J connectivity index is 0.827. The number of halogens is 1. The van der Waals surface area contributed by atoms with Gasteiger partial charge in [0.05, 0.1) is 60.9 Å². The number of carboxylic acids is 1. The van der Waals surface area contributed by atoms with E-state index < -0.39 is 59.5 Å². The van der Waals surface area contributed by atoms with Gasteiger partial charge in [0.25, 0.3) is 0 Å². The zero-order valence-corrected chi connectivity index (χ0v) is 35.0. The normalized spacial score (nSPS) is 17.5. The lowest BCUT2D eigenvalue weighted by Crippen LogP contribution is -2.48. The first-order valence-corrected chi connectivity index (χ1v) is 21.3. The maximum Gasteiger partial charge on any atom is 0.412 e. The van der Waals surface area contributed by atoms with Crippen molar-refractivity contribution in [3.05, 3.63) is 91.6 Å². The number of piperidine rings is 1. The van der Waals surface area contributed by atoms with Crippen LogP contribution in [0.3, 0.4) is 0 Å². The van der Waals surface area contributed by atoms with Crippen molar-refractivity contribution >= 4 is 63.7 Å². The van der Waals surface area contributed by atoms with Crippen LogP contribution in [0.5, 0.6) is 5.75 Å². The quantitative estimate of drug-likeness (QED) is 0.0422. The number of carbonyl (C=O) groups is 6. The minimum Gasteiger partial charge on any atom is -0.492 e. The summed E-state index contributed by atoms with van der Waals surface area (Å²) in [6.45, 7) is 1.92. The van der Waals surface area contributed by atoms with Crippen LogP contribution in [0.15, 0.2) is 58.8 Å². The summed E-state index contributed by atoms with van der Waals surface area (Å²) < 4.78 is 44.2. The van der Waals surface area contributed by atoms with E-state index in [2.05, 4.69) is 0 Å². The van der Waals surface area contributed by atoms with E-state index in [0.29, 0.717) is 41.0 Å².